The fraction of sp³-hybridized carbons (Fsp3) is 0.294. The number of aromatic nitrogens is 1. The van der Waals surface area contributed by atoms with Gasteiger partial charge < -0.3 is 19.4 Å². The van der Waals surface area contributed by atoms with Gasteiger partial charge in [0.2, 0.25) is 5.43 Å². The van der Waals surface area contributed by atoms with Gasteiger partial charge in [-0.3, -0.25) is 9.59 Å². The van der Waals surface area contributed by atoms with E-state index in [1.165, 1.54) is 19.4 Å². The Morgan fingerprint density at radius 1 is 1.32 bits per heavy atom. The van der Waals surface area contributed by atoms with Crippen LogP contribution in [0.3, 0.4) is 0 Å². The second kappa shape index (κ2) is 7.47. The molecule has 2 aromatic rings. The summed E-state index contributed by atoms with van der Waals surface area (Å²) in [4.78, 5) is 28.9. The summed E-state index contributed by atoms with van der Waals surface area (Å²) in [6.45, 7) is 1.17. The Labute approximate surface area is 154 Å². The Hall–Kier alpha value is -2.02. The molecule has 0 saturated carbocycles. The first-order valence-electron chi connectivity index (χ1n) is 7.62. The Morgan fingerprint density at radius 2 is 2.12 bits per heavy atom. The molecule has 0 unspecified atom stereocenters. The Morgan fingerprint density at radius 3 is 2.80 bits per heavy atom. The summed E-state index contributed by atoms with van der Waals surface area (Å²) in [6.07, 6.45) is 1.07. The zero-order valence-corrected chi connectivity index (χ0v) is 14.9. The van der Waals surface area contributed by atoms with Crippen LogP contribution >= 0.6 is 23.2 Å². The first-order chi connectivity index (χ1) is 12.0. The van der Waals surface area contributed by atoms with Crippen LogP contribution in [0.4, 0.5) is 0 Å². The standard InChI is InChI=1S/C17H16Cl2N2O4/c1-24-15-8-20-13(7-14(15)22)17(23)21-4-5-25-16(9-21)10-2-3-11(18)12(19)6-10/h2-3,6-8,16H,4-5,9H2,1H3,(H,20,22)/t16-/m1/s1. The molecule has 2 heterocycles. The normalized spacial score (nSPS) is 17.4. The zero-order chi connectivity index (χ0) is 18.0. The maximum atomic E-state index is 12.7. The number of methoxy groups -OCH3 is 1. The third-order valence-electron chi connectivity index (χ3n) is 4.00. The van der Waals surface area contributed by atoms with Crippen LogP contribution in [0.15, 0.2) is 35.3 Å². The largest absolute Gasteiger partial charge is 0.491 e. The van der Waals surface area contributed by atoms with Crippen LogP contribution in [-0.4, -0.2) is 42.6 Å². The van der Waals surface area contributed by atoms with Crippen molar-refractivity contribution in [1.82, 2.24) is 9.88 Å². The van der Waals surface area contributed by atoms with Crippen LogP contribution in [0.5, 0.6) is 5.75 Å². The third kappa shape index (κ3) is 3.81. The van der Waals surface area contributed by atoms with Gasteiger partial charge in [-0.05, 0) is 17.7 Å². The summed E-state index contributed by atoms with van der Waals surface area (Å²) >= 11 is 12.0. The highest BCUT2D eigenvalue weighted by atomic mass is 35.5. The minimum Gasteiger partial charge on any atom is -0.491 e. The van der Waals surface area contributed by atoms with Crippen molar-refractivity contribution in [3.05, 3.63) is 62.0 Å². The lowest BCUT2D eigenvalue weighted by molar-refractivity contribution is -0.0230. The van der Waals surface area contributed by atoms with Gasteiger partial charge in [0.25, 0.3) is 5.91 Å². The number of aromatic amines is 1. The van der Waals surface area contributed by atoms with Gasteiger partial charge in [-0.25, -0.2) is 0 Å². The SMILES string of the molecule is COc1c[nH]c(C(=O)N2CCO[C@@H](c3ccc(Cl)c(Cl)c3)C2)cc1=O. The molecule has 1 aromatic heterocycles. The van der Waals surface area contributed by atoms with E-state index in [0.29, 0.717) is 29.7 Å². The average Bonchev–Trinajstić information content (AvgIpc) is 2.63. The molecule has 1 aromatic carbocycles. The number of benzene rings is 1. The highest BCUT2D eigenvalue weighted by Gasteiger charge is 2.27. The molecule has 8 heteroatoms. The highest BCUT2D eigenvalue weighted by Crippen LogP contribution is 2.29. The predicted molar refractivity (Wildman–Crippen MR) is 94.7 cm³/mol. The highest BCUT2D eigenvalue weighted by molar-refractivity contribution is 6.42. The van der Waals surface area contributed by atoms with Gasteiger partial charge in [-0.1, -0.05) is 29.3 Å². The smallest absolute Gasteiger partial charge is 0.270 e. The molecule has 1 aliphatic rings. The number of hydrogen-bond donors (Lipinski definition) is 1. The summed E-state index contributed by atoms with van der Waals surface area (Å²) in [7, 11) is 1.40. The molecule has 1 atom stereocenters. The monoisotopic (exact) mass is 382 g/mol. The van der Waals surface area contributed by atoms with Crippen LogP contribution in [-0.2, 0) is 4.74 Å². The van der Waals surface area contributed by atoms with E-state index in [1.54, 1.807) is 17.0 Å². The van der Waals surface area contributed by atoms with Gasteiger partial charge in [0.1, 0.15) is 11.8 Å². The van der Waals surface area contributed by atoms with Crippen LogP contribution in [0.1, 0.15) is 22.2 Å². The lowest BCUT2D eigenvalue weighted by atomic mass is 10.1. The van der Waals surface area contributed by atoms with Gasteiger partial charge in [0.15, 0.2) is 5.75 Å². The molecule has 132 valence electrons. The number of carbonyl (C=O) groups is 1. The molecule has 0 bridgehead atoms. The van der Waals surface area contributed by atoms with Gasteiger partial charge >= 0.3 is 0 Å². The quantitative estimate of drug-likeness (QED) is 0.885. The summed E-state index contributed by atoms with van der Waals surface area (Å²) in [5.41, 5.74) is 0.703. The van der Waals surface area contributed by atoms with Gasteiger partial charge in [0, 0.05) is 18.8 Å². The van der Waals surface area contributed by atoms with Gasteiger partial charge in [-0.15, -0.1) is 0 Å². The van der Waals surface area contributed by atoms with Crippen molar-refractivity contribution in [2.24, 2.45) is 0 Å². The van der Waals surface area contributed by atoms with E-state index < -0.39 is 0 Å². The molecule has 0 aliphatic carbocycles. The number of nitrogens with zero attached hydrogens (tertiary/aromatic N) is 1. The van der Waals surface area contributed by atoms with Crippen LogP contribution in [0, 0.1) is 0 Å². The van der Waals surface area contributed by atoms with Crippen molar-refractivity contribution in [1.29, 1.82) is 0 Å². The topological polar surface area (TPSA) is 71.6 Å². The van der Waals surface area contributed by atoms with Gasteiger partial charge in [0.05, 0.1) is 30.3 Å². The van der Waals surface area contributed by atoms with E-state index in [2.05, 4.69) is 4.98 Å². The van der Waals surface area contributed by atoms with Crippen molar-refractivity contribution in [2.75, 3.05) is 26.8 Å². The number of morpholine rings is 1. The maximum Gasteiger partial charge on any atom is 0.270 e. The fourth-order valence-corrected chi connectivity index (χ4v) is 2.97. The van der Waals surface area contributed by atoms with Gasteiger partial charge in [-0.2, -0.15) is 0 Å². The van der Waals surface area contributed by atoms with Crippen molar-refractivity contribution in [2.45, 2.75) is 6.10 Å². The molecule has 1 fully saturated rings. The molecule has 25 heavy (non-hydrogen) atoms. The first kappa shape index (κ1) is 17.8. The molecular formula is C17H16Cl2N2O4. The van der Waals surface area contributed by atoms with Crippen molar-refractivity contribution < 1.29 is 14.3 Å². The van der Waals surface area contributed by atoms with Crippen molar-refractivity contribution >= 4 is 29.1 Å². The number of halogens is 2. The average molecular weight is 383 g/mol. The molecule has 1 saturated heterocycles. The zero-order valence-electron chi connectivity index (χ0n) is 13.4. The minimum absolute atomic E-state index is 0.159. The molecule has 0 spiro atoms. The van der Waals surface area contributed by atoms with E-state index >= 15 is 0 Å². The summed E-state index contributed by atoms with van der Waals surface area (Å²) in [5, 5.41) is 0.899. The fourth-order valence-electron chi connectivity index (χ4n) is 2.66. The Bertz CT molecular complexity index is 853. The van der Waals surface area contributed by atoms with E-state index in [1.807, 2.05) is 6.07 Å². The third-order valence-corrected chi connectivity index (χ3v) is 4.74. The molecule has 1 amide bonds. The number of rotatable bonds is 3. The van der Waals surface area contributed by atoms with E-state index in [0.717, 1.165) is 5.56 Å². The Kier molecular flexibility index (Phi) is 5.32. The summed E-state index contributed by atoms with van der Waals surface area (Å²) in [5.74, 6) is -0.111. The minimum atomic E-state index is -0.348. The first-order valence-corrected chi connectivity index (χ1v) is 8.37. The molecule has 0 radical (unpaired) electrons. The Balaban J connectivity index is 1.78. The number of ether oxygens (including phenoxy) is 2. The summed E-state index contributed by atoms with van der Waals surface area (Å²) < 4.78 is 10.7. The van der Waals surface area contributed by atoms with E-state index in [9.17, 15) is 9.59 Å². The molecular weight excluding hydrogens is 367 g/mol. The maximum absolute atomic E-state index is 12.7. The number of nitrogens with one attached hydrogen (secondary N) is 1. The van der Waals surface area contributed by atoms with E-state index in [-0.39, 0.29) is 28.9 Å². The lowest BCUT2D eigenvalue weighted by Crippen LogP contribution is -2.42. The molecule has 1 N–H and O–H groups in total. The number of H-pyrrole nitrogens is 1. The summed E-state index contributed by atoms with van der Waals surface area (Å²) in [6, 6.07) is 6.50. The lowest BCUT2D eigenvalue weighted by Gasteiger charge is -2.33. The second-order valence-corrected chi connectivity index (χ2v) is 6.38. The van der Waals surface area contributed by atoms with Crippen LogP contribution in [0.2, 0.25) is 10.0 Å². The van der Waals surface area contributed by atoms with Crippen LogP contribution in [0.25, 0.3) is 0 Å². The van der Waals surface area contributed by atoms with Crippen molar-refractivity contribution in [3.8, 4) is 5.75 Å². The van der Waals surface area contributed by atoms with Crippen molar-refractivity contribution in [3.63, 3.8) is 0 Å². The molecule has 1 aliphatic heterocycles. The number of carbonyl (C=O) groups excluding carboxylic acids is 1. The molecule has 3 rings (SSSR count). The molecule has 6 nitrogen and oxygen atoms in total. The predicted octanol–water partition coefficient (Wildman–Crippen LogP) is 2.90. The van der Waals surface area contributed by atoms with E-state index in [4.69, 9.17) is 32.7 Å². The number of amides is 1. The van der Waals surface area contributed by atoms with Crippen LogP contribution < -0.4 is 10.2 Å². The number of pyridine rings is 1. The second-order valence-electron chi connectivity index (χ2n) is 5.56. The number of hydrogen-bond acceptors (Lipinski definition) is 4.